The summed E-state index contributed by atoms with van der Waals surface area (Å²) in [6, 6.07) is 9.91. The maximum atomic E-state index is 12.4. The minimum Gasteiger partial charge on any atom is -0.475 e. The van der Waals surface area contributed by atoms with E-state index in [1.807, 2.05) is 31.2 Å². The van der Waals surface area contributed by atoms with Crippen LogP contribution in [-0.4, -0.2) is 59.0 Å². The van der Waals surface area contributed by atoms with Crippen molar-refractivity contribution in [3.05, 3.63) is 53.5 Å². The number of anilines is 1. The number of benzene rings is 1. The number of amides is 3. The van der Waals surface area contributed by atoms with Crippen molar-refractivity contribution in [3.63, 3.8) is 0 Å². The van der Waals surface area contributed by atoms with Crippen molar-refractivity contribution < 1.29 is 23.9 Å². The van der Waals surface area contributed by atoms with Gasteiger partial charge in [-0.15, -0.1) is 0 Å². The van der Waals surface area contributed by atoms with Crippen LogP contribution in [0.5, 0.6) is 0 Å². The lowest BCUT2D eigenvalue weighted by Gasteiger charge is -2.34. The lowest BCUT2D eigenvalue weighted by atomic mass is 10.2. The molecular formula is C18H19N3O5. The standard InChI is InChI=1S/C18H19N3O5/c1-12-3-2-4-13(11-12)19-18(25)21-9-7-20(8-10-21)16(22)14-5-6-15(26-14)17(23)24/h2-6,11H,7-10H2,1H3,(H,19,25)(H,23,24). The number of nitrogens with one attached hydrogen (secondary N) is 1. The van der Waals surface area contributed by atoms with Crippen molar-refractivity contribution in [2.45, 2.75) is 6.92 Å². The van der Waals surface area contributed by atoms with E-state index in [2.05, 4.69) is 5.32 Å². The smallest absolute Gasteiger partial charge is 0.371 e. The molecule has 0 spiro atoms. The summed E-state index contributed by atoms with van der Waals surface area (Å²) in [4.78, 5) is 38.7. The number of carbonyl (C=O) groups is 3. The van der Waals surface area contributed by atoms with Gasteiger partial charge in [0.2, 0.25) is 5.76 Å². The van der Waals surface area contributed by atoms with Gasteiger partial charge in [-0.05, 0) is 36.8 Å². The number of urea groups is 1. The molecule has 1 saturated heterocycles. The highest BCUT2D eigenvalue weighted by Gasteiger charge is 2.27. The van der Waals surface area contributed by atoms with Crippen LogP contribution in [0.4, 0.5) is 10.5 Å². The van der Waals surface area contributed by atoms with Crippen LogP contribution in [0, 0.1) is 6.92 Å². The highest BCUT2D eigenvalue weighted by atomic mass is 16.4. The van der Waals surface area contributed by atoms with E-state index >= 15 is 0 Å². The summed E-state index contributed by atoms with van der Waals surface area (Å²) in [6.07, 6.45) is 0. The van der Waals surface area contributed by atoms with Gasteiger partial charge in [0, 0.05) is 31.9 Å². The van der Waals surface area contributed by atoms with E-state index in [4.69, 9.17) is 9.52 Å². The fourth-order valence-corrected chi connectivity index (χ4v) is 2.76. The molecule has 0 radical (unpaired) electrons. The van der Waals surface area contributed by atoms with Gasteiger partial charge in [-0.25, -0.2) is 9.59 Å². The van der Waals surface area contributed by atoms with E-state index < -0.39 is 5.97 Å². The molecule has 2 N–H and O–H groups in total. The Morgan fingerprint density at radius 3 is 2.27 bits per heavy atom. The van der Waals surface area contributed by atoms with E-state index in [1.54, 1.807) is 9.80 Å². The van der Waals surface area contributed by atoms with Gasteiger partial charge in [0.05, 0.1) is 0 Å². The van der Waals surface area contributed by atoms with Crippen LogP contribution < -0.4 is 5.32 Å². The third-order valence-electron chi connectivity index (χ3n) is 4.15. The highest BCUT2D eigenvalue weighted by molar-refractivity contribution is 5.94. The van der Waals surface area contributed by atoms with Crippen LogP contribution in [0.25, 0.3) is 0 Å². The molecule has 1 aliphatic rings. The zero-order valence-electron chi connectivity index (χ0n) is 14.3. The summed E-state index contributed by atoms with van der Waals surface area (Å²) in [6.45, 7) is 3.42. The Labute approximate surface area is 150 Å². The maximum Gasteiger partial charge on any atom is 0.371 e. The Morgan fingerprint density at radius 1 is 1.00 bits per heavy atom. The predicted molar refractivity (Wildman–Crippen MR) is 93.3 cm³/mol. The summed E-state index contributed by atoms with van der Waals surface area (Å²) >= 11 is 0. The number of piperazine rings is 1. The minimum absolute atomic E-state index is 0.0138. The Bertz CT molecular complexity index is 837. The first-order chi connectivity index (χ1) is 12.4. The van der Waals surface area contributed by atoms with Crippen LogP contribution in [0.2, 0.25) is 0 Å². The second-order valence-electron chi connectivity index (χ2n) is 6.05. The number of nitrogens with zero attached hydrogens (tertiary/aromatic N) is 2. The highest BCUT2D eigenvalue weighted by Crippen LogP contribution is 2.14. The Morgan fingerprint density at radius 2 is 1.65 bits per heavy atom. The summed E-state index contributed by atoms with van der Waals surface area (Å²) < 4.78 is 5.04. The summed E-state index contributed by atoms with van der Waals surface area (Å²) in [5, 5.41) is 11.7. The monoisotopic (exact) mass is 357 g/mol. The van der Waals surface area contributed by atoms with Crippen molar-refractivity contribution in [3.8, 4) is 0 Å². The largest absolute Gasteiger partial charge is 0.475 e. The molecule has 0 aliphatic carbocycles. The van der Waals surface area contributed by atoms with Gasteiger partial charge in [0.25, 0.3) is 5.91 Å². The molecule has 0 atom stereocenters. The molecule has 2 aromatic rings. The number of carboxylic acid groups (broad SMARTS) is 1. The number of hydrogen-bond donors (Lipinski definition) is 2. The Hall–Kier alpha value is -3.29. The summed E-state index contributed by atoms with van der Waals surface area (Å²) in [5.74, 6) is -1.89. The molecular weight excluding hydrogens is 338 g/mol. The van der Waals surface area contributed by atoms with Gasteiger partial charge in [0.1, 0.15) is 0 Å². The molecule has 3 rings (SSSR count). The number of aromatic carboxylic acids is 1. The van der Waals surface area contributed by atoms with Crippen molar-refractivity contribution in [1.82, 2.24) is 9.80 Å². The van der Waals surface area contributed by atoms with Crippen LogP contribution in [-0.2, 0) is 0 Å². The topological polar surface area (TPSA) is 103 Å². The Balaban J connectivity index is 1.55. The molecule has 26 heavy (non-hydrogen) atoms. The first-order valence-electron chi connectivity index (χ1n) is 8.19. The van der Waals surface area contributed by atoms with E-state index in [1.165, 1.54) is 12.1 Å². The third-order valence-corrected chi connectivity index (χ3v) is 4.15. The quantitative estimate of drug-likeness (QED) is 0.877. The van der Waals surface area contributed by atoms with Gasteiger partial charge >= 0.3 is 12.0 Å². The normalized spacial score (nSPS) is 14.2. The van der Waals surface area contributed by atoms with Gasteiger partial charge < -0.3 is 24.6 Å². The zero-order chi connectivity index (χ0) is 18.7. The zero-order valence-corrected chi connectivity index (χ0v) is 14.3. The van der Waals surface area contributed by atoms with Crippen LogP contribution in [0.15, 0.2) is 40.8 Å². The van der Waals surface area contributed by atoms with E-state index in [-0.39, 0.29) is 23.5 Å². The first-order valence-corrected chi connectivity index (χ1v) is 8.19. The first kappa shape index (κ1) is 17.5. The minimum atomic E-state index is -1.22. The number of hydrogen-bond acceptors (Lipinski definition) is 4. The SMILES string of the molecule is Cc1cccc(NC(=O)N2CCN(C(=O)c3ccc(C(=O)O)o3)CC2)c1. The number of carbonyl (C=O) groups excluding carboxylic acids is 2. The fraction of sp³-hybridized carbons (Fsp3) is 0.278. The average Bonchev–Trinajstić information content (AvgIpc) is 3.12. The van der Waals surface area contributed by atoms with Crippen LogP contribution in [0.3, 0.4) is 0 Å². The average molecular weight is 357 g/mol. The van der Waals surface area contributed by atoms with Gasteiger partial charge in [-0.1, -0.05) is 12.1 Å². The number of rotatable bonds is 3. The molecule has 0 bridgehead atoms. The van der Waals surface area contributed by atoms with Crippen LogP contribution in [0.1, 0.15) is 26.7 Å². The molecule has 0 unspecified atom stereocenters. The second kappa shape index (κ2) is 7.30. The summed E-state index contributed by atoms with van der Waals surface area (Å²) in [7, 11) is 0. The third kappa shape index (κ3) is 3.85. The van der Waals surface area contributed by atoms with Crippen LogP contribution >= 0.6 is 0 Å². The maximum absolute atomic E-state index is 12.4. The molecule has 1 aromatic heterocycles. The van der Waals surface area contributed by atoms with E-state index in [0.717, 1.165) is 11.3 Å². The molecule has 1 aliphatic heterocycles. The molecule has 0 saturated carbocycles. The molecule has 1 aromatic carbocycles. The molecule has 3 amide bonds. The van der Waals surface area contributed by atoms with Crippen molar-refractivity contribution in [1.29, 1.82) is 0 Å². The molecule has 8 heteroatoms. The number of furan rings is 1. The molecule has 1 fully saturated rings. The second-order valence-corrected chi connectivity index (χ2v) is 6.05. The lowest BCUT2D eigenvalue weighted by Crippen LogP contribution is -2.51. The number of aryl methyl sites for hydroxylation is 1. The van der Waals surface area contributed by atoms with E-state index in [0.29, 0.717) is 26.2 Å². The van der Waals surface area contributed by atoms with Crippen molar-refractivity contribution >= 4 is 23.6 Å². The Kier molecular flexibility index (Phi) is 4.92. The predicted octanol–water partition coefficient (Wildman–Crippen LogP) is 2.28. The summed E-state index contributed by atoms with van der Waals surface area (Å²) in [5.41, 5.74) is 1.78. The van der Waals surface area contributed by atoms with Crippen molar-refractivity contribution in [2.24, 2.45) is 0 Å². The lowest BCUT2D eigenvalue weighted by molar-refractivity contribution is 0.0617. The van der Waals surface area contributed by atoms with Gasteiger partial charge in [-0.3, -0.25) is 4.79 Å². The van der Waals surface area contributed by atoms with Crippen molar-refractivity contribution in [2.75, 3.05) is 31.5 Å². The van der Waals surface area contributed by atoms with Gasteiger partial charge in [-0.2, -0.15) is 0 Å². The molecule has 136 valence electrons. The fourth-order valence-electron chi connectivity index (χ4n) is 2.76. The molecule has 2 heterocycles. The van der Waals surface area contributed by atoms with Gasteiger partial charge in [0.15, 0.2) is 5.76 Å². The number of carboxylic acids is 1. The molecule has 8 nitrogen and oxygen atoms in total. The van der Waals surface area contributed by atoms with E-state index in [9.17, 15) is 14.4 Å².